The van der Waals surface area contributed by atoms with Gasteiger partial charge in [0.1, 0.15) is 5.54 Å². The minimum Gasteiger partial charge on any atom is -0.426 e. The standard InChI is InChI=1S/C9H12N4O2/c14-8-9(2-1-3-10-9)5-13(8)4-7-12-11-6-15-7/h6,10H,1-5H2. The quantitative estimate of drug-likeness (QED) is 0.665. The van der Waals surface area contributed by atoms with Crippen LogP contribution in [-0.4, -0.2) is 39.6 Å². The molecule has 0 bridgehead atoms. The molecule has 2 aliphatic rings. The zero-order valence-electron chi connectivity index (χ0n) is 8.27. The number of carbonyl (C=O) groups is 1. The Morgan fingerprint density at radius 2 is 2.60 bits per heavy atom. The van der Waals surface area contributed by atoms with E-state index in [-0.39, 0.29) is 11.4 Å². The molecule has 1 amide bonds. The predicted octanol–water partition coefficient (Wildman–Crippen LogP) is -0.466. The fourth-order valence-electron chi connectivity index (χ4n) is 2.36. The van der Waals surface area contributed by atoms with Crippen molar-refractivity contribution in [3.8, 4) is 0 Å². The van der Waals surface area contributed by atoms with Gasteiger partial charge < -0.3 is 14.6 Å². The first kappa shape index (κ1) is 8.84. The average Bonchev–Trinajstić information content (AvgIpc) is 2.88. The van der Waals surface area contributed by atoms with Crippen LogP contribution in [0.2, 0.25) is 0 Å². The van der Waals surface area contributed by atoms with Crippen LogP contribution in [0, 0.1) is 0 Å². The van der Waals surface area contributed by atoms with Gasteiger partial charge in [-0.3, -0.25) is 4.79 Å². The fraction of sp³-hybridized carbons (Fsp3) is 0.667. The summed E-state index contributed by atoms with van der Waals surface area (Å²) < 4.78 is 5.00. The van der Waals surface area contributed by atoms with Crippen LogP contribution >= 0.6 is 0 Å². The summed E-state index contributed by atoms with van der Waals surface area (Å²) in [6.07, 6.45) is 3.31. The van der Waals surface area contributed by atoms with Crippen molar-refractivity contribution < 1.29 is 9.21 Å². The van der Waals surface area contributed by atoms with Crippen LogP contribution in [-0.2, 0) is 11.3 Å². The SMILES string of the molecule is O=C1N(Cc2nnco2)CC12CCCN2. The lowest BCUT2D eigenvalue weighted by atomic mass is 9.87. The second kappa shape index (κ2) is 3.03. The summed E-state index contributed by atoms with van der Waals surface area (Å²) in [6.45, 7) is 2.14. The highest BCUT2D eigenvalue weighted by Gasteiger charge is 2.53. The fourth-order valence-corrected chi connectivity index (χ4v) is 2.36. The van der Waals surface area contributed by atoms with Crippen molar-refractivity contribution in [1.82, 2.24) is 20.4 Å². The highest BCUT2D eigenvalue weighted by molar-refractivity contribution is 5.93. The summed E-state index contributed by atoms with van der Waals surface area (Å²) in [5, 5.41) is 10.6. The first-order valence-electron chi connectivity index (χ1n) is 5.10. The molecule has 2 aliphatic heterocycles. The smallest absolute Gasteiger partial charge is 0.245 e. The van der Waals surface area contributed by atoms with E-state index in [0.717, 1.165) is 25.9 Å². The van der Waals surface area contributed by atoms with Gasteiger partial charge in [0.25, 0.3) is 0 Å². The number of rotatable bonds is 2. The number of aromatic nitrogens is 2. The van der Waals surface area contributed by atoms with E-state index in [9.17, 15) is 4.79 Å². The number of amides is 1. The Morgan fingerprint density at radius 1 is 1.67 bits per heavy atom. The molecule has 1 spiro atoms. The molecule has 0 radical (unpaired) electrons. The lowest BCUT2D eigenvalue weighted by molar-refractivity contribution is -0.153. The molecule has 2 fully saturated rings. The molecule has 1 atom stereocenters. The molecule has 1 N–H and O–H groups in total. The third-order valence-corrected chi connectivity index (χ3v) is 3.13. The number of hydrogen-bond donors (Lipinski definition) is 1. The zero-order valence-corrected chi connectivity index (χ0v) is 8.27. The number of nitrogens with one attached hydrogen (secondary N) is 1. The average molecular weight is 208 g/mol. The molecular formula is C9H12N4O2. The molecule has 1 aromatic heterocycles. The Kier molecular flexibility index (Phi) is 1.79. The number of likely N-dealkylation sites (tertiary alicyclic amines) is 1. The van der Waals surface area contributed by atoms with Gasteiger partial charge in [-0.25, -0.2) is 0 Å². The zero-order chi connectivity index (χ0) is 10.3. The van der Waals surface area contributed by atoms with E-state index in [1.165, 1.54) is 6.39 Å². The van der Waals surface area contributed by atoms with Crippen LogP contribution < -0.4 is 5.32 Å². The minimum absolute atomic E-state index is 0.165. The second-order valence-corrected chi connectivity index (χ2v) is 4.11. The van der Waals surface area contributed by atoms with Gasteiger partial charge in [-0.2, -0.15) is 0 Å². The Hall–Kier alpha value is -1.43. The molecule has 80 valence electrons. The molecular weight excluding hydrogens is 196 g/mol. The van der Waals surface area contributed by atoms with Gasteiger partial charge in [-0.1, -0.05) is 0 Å². The molecule has 6 heteroatoms. The van der Waals surface area contributed by atoms with E-state index >= 15 is 0 Å². The number of hydrogen-bond acceptors (Lipinski definition) is 5. The van der Waals surface area contributed by atoms with Gasteiger partial charge in [0.15, 0.2) is 0 Å². The molecule has 1 aromatic rings. The molecule has 0 aromatic carbocycles. The lowest BCUT2D eigenvalue weighted by Gasteiger charge is -2.46. The molecule has 15 heavy (non-hydrogen) atoms. The van der Waals surface area contributed by atoms with Gasteiger partial charge in [0, 0.05) is 6.54 Å². The molecule has 2 saturated heterocycles. The van der Waals surface area contributed by atoms with Crippen molar-refractivity contribution in [2.24, 2.45) is 0 Å². The summed E-state index contributed by atoms with van der Waals surface area (Å²) in [6, 6.07) is 0. The predicted molar refractivity (Wildman–Crippen MR) is 49.7 cm³/mol. The van der Waals surface area contributed by atoms with Crippen LogP contribution in [0.5, 0.6) is 0 Å². The minimum atomic E-state index is -0.264. The van der Waals surface area contributed by atoms with Crippen molar-refractivity contribution in [1.29, 1.82) is 0 Å². The second-order valence-electron chi connectivity index (χ2n) is 4.11. The van der Waals surface area contributed by atoms with Crippen molar-refractivity contribution >= 4 is 5.91 Å². The third-order valence-electron chi connectivity index (χ3n) is 3.13. The van der Waals surface area contributed by atoms with Crippen molar-refractivity contribution in [3.63, 3.8) is 0 Å². The van der Waals surface area contributed by atoms with Crippen LogP contribution in [0.15, 0.2) is 10.8 Å². The van der Waals surface area contributed by atoms with E-state index in [0.29, 0.717) is 12.4 Å². The maximum Gasteiger partial charge on any atom is 0.245 e. The van der Waals surface area contributed by atoms with Crippen LogP contribution in [0.1, 0.15) is 18.7 Å². The van der Waals surface area contributed by atoms with Crippen molar-refractivity contribution in [2.45, 2.75) is 24.9 Å². The summed E-state index contributed by atoms with van der Waals surface area (Å²) in [4.78, 5) is 13.6. The molecule has 6 nitrogen and oxygen atoms in total. The highest BCUT2D eigenvalue weighted by atomic mass is 16.4. The monoisotopic (exact) mass is 208 g/mol. The Balaban J connectivity index is 1.65. The summed E-state index contributed by atoms with van der Waals surface area (Å²) in [5.74, 6) is 0.661. The molecule has 1 unspecified atom stereocenters. The summed E-state index contributed by atoms with van der Waals surface area (Å²) in [5.41, 5.74) is -0.264. The van der Waals surface area contributed by atoms with Crippen LogP contribution in [0.4, 0.5) is 0 Å². The van der Waals surface area contributed by atoms with Gasteiger partial charge in [-0.05, 0) is 19.4 Å². The topological polar surface area (TPSA) is 71.3 Å². The first-order chi connectivity index (χ1) is 7.30. The summed E-state index contributed by atoms with van der Waals surface area (Å²) >= 11 is 0. The molecule has 0 saturated carbocycles. The van der Waals surface area contributed by atoms with Crippen LogP contribution in [0.3, 0.4) is 0 Å². The Labute approximate surface area is 86.6 Å². The van der Waals surface area contributed by atoms with Crippen LogP contribution in [0.25, 0.3) is 0 Å². The maximum atomic E-state index is 11.9. The highest BCUT2D eigenvalue weighted by Crippen LogP contribution is 2.32. The number of nitrogens with zero attached hydrogens (tertiary/aromatic N) is 3. The lowest BCUT2D eigenvalue weighted by Crippen LogP contribution is -2.70. The van der Waals surface area contributed by atoms with Crippen molar-refractivity contribution in [2.75, 3.05) is 13.1 Å². The van der Waals surface area contributed by atoms with E-state index in [2.05, 4.69) is 15.5 Å². The van der Waals surface area contributed by atoms with Gasteiger partial charge in [-0.15, -0.1) is 10.2 Å². The van der Waals surface area contributed by atoms with Gasteiger partial charge in [0.05, 0.1) is 6.54 Å². The van der Waals surface area contributed by atoms with E-state index in [4.69, 9.17) is 4.42 Å². The van der Waals surface area contributed by atoms with Gasteiger partial charge in [0.2, 0.25) is 18.2 Å². The molecule has 3 rings (SSSR count). The van der Waals surface area contributed by atoms with E-state index in [1.54, 1.807) is 4.90 Å². The third kappa shape index (κ3) is 1.25. The number of β-lactam (4-membered cyclic amide) rings is 1. The molecule has 0 aliphatic carbocycles. The van der Waals surface area contributed by atoms with E-state index in [1.807, 2.05) is 0 Å². The summed E-state index contributed by atoms with van der Waals surface area (Å²) in [7, 11) is 0. The van der Waals surface area contributed by atoms with E-state index < -0.39 is 0 Å². The largest absolute Gasteiger partial charge is 0.426 e. The number of carbonyl (C=O) groups excluding carboxylic acids is 1. The Bertz CT molecular complexity index is 369. The first-order valence-corrected chi connectivity index (χ1v) is 5.10. The Morgan fingerprint density at radius 3 is 3.20 bits per heavy atom. The van der Waals surface area contributed by atoms with Crippen molar-refractivity contribution in [3.05, 3.63) is 12.3 Å². The molecule has 3 heterocycles. The maximum absolute atomic E-state index is 11.9. The normalized spacial score (nSPS) is 29.9. The van der Waals surface area contributed by atoms with Gasteiger partial charge >= 0.3 is 0 Å².